The maximum atomic E-state index is 4.28. The van der Waals surface area contributed by atoms with Gasteiger partial charge in [0.15, 0.2) is 5.66 Å². The lowest BCUT2D eigenvalue weighted by Crippen LogP contribution is -2.29. The summed E-state index contributed by atoms with van der Waals surface area (Å²) in [5, 5.41) is 17.0. The Kier molecular flexibility index (Phi) is 1.46. The highest BCUT2D eigenvalue weighted by Crippen LogP contribution is 2.45. The molecule has 0 fully saturated rings. The van der Waals surface area contributed by atoms with Crippen molar-refractivity contribution >= 4 is 0 Å². The van der Waals surface area contributed by atoms with Crippen LogP contribution in [0.25, 0.3) is 0 Å². The van der Waals surface area contributed by atoms with Gasteiger partial charge in [-0.15, -0.1) is 0 Å². The first-order chi connectivity index (χ1) is 5.83. The molecule has 4 heteroatoms. The molecule has 0 saturated carbocycles. The van der Waals surface area contributed by atoms with E-state index >= 15 is 0 Å². The molecular weight excluding hydrogens is 164 g/mol. The zero-order valence-electron chi connectivity index (χ0n) is 8.70. The molecule has 13 heavy (non-hydrogen) atoms. The van der Waals surface area contributed by atoms with Crippen molar-refractivity contribution in [3.63, 3.8) is 0 Å². The molecular formula is C9H16N4. The molecule has 0 unspecified atom stereocenters. The standard InChI is InChI=1S/C9H16N4/c1-7(2)5-9(12-10-7)6-8(3,4)11-13-9/h5-6H2,1-4H3. The van der Waals surface area contributed by atoms with E-state index in [1.165, 1.54) is 0 Å². The molecule has 0 aromatic heterocycles. The lowest BCUT2D eigenvalue weighted by molar-refractivity contribution is 0.355. The van der Waals surface area contributed by atoms with Crippen molar-refractivity contribution in [2.24, 2.45) is 20.5 Å². The highest BCUT2D eigenvalue weighted by molar-refractivity contribution is 5.05. The Balaban J connectivity index is 2.22. The zero-order chi connectivity index (χ0) is 9.74. The van der Waals surface area contributed by atoms with Crippen LogP contribution in [0.4, 0.5) is 0 Å². The minimum absolute atomic E-state index is 0.0561. The molecule has 2 rings (SSSR count). The molecule has 2 aliphatic rings. The Labute approximate surface area is 78.5 Å². The van der Waals surface area contributed by atoms with Crippen molar-refractivity contribution in [3.8, 4) is 0 Å². The SMILES string of the molecule is CC1(C)CC2(CC(C)(C)N=N2)N=N1. The number of rotatable bonds is 0. The maximum Gasteiger partial charge on any atom is 0.195 e. The van der Waals surface area contributed by atoms with Gasteiger partial charge in [-0.25, -0.2) is 0 Å². The van der Waals surface area contributed by atoms with E-state index < -0.39 is 0 Å². The fraction of sp³-hybridized carbons (Fsp3) is 1.00. The van der Waals surface area contributed by atoms with E-state index in [9.17, 15) is 0 Å². The summed E-state index contributed by atoms with van der Waals surface area (Å²) in [5.74, 6) is 0. The van der Waals surface area contributed by atoms with Gasteiger partial charge in [0.05, 0.1) is 11.1 Å². The third-order valence-corrected chi connectivity index (χ3v) is 2.45. The van der Waals surface area contributed by atoms with Crippen LogP contribution in [0.1, 0.15) is 40.5 Å². The molecule has 0 aliphatic carbocycles. The van der Waals surface area contributed by atoms with Crippen molar-refractivity contribution in [1.82, 2.24) is 0 Å². The third kappa shape index (κ3) is 1.49. The van der Waals surface area contributed by atoms with Crippen LogP contribution >= 0.6 is 0 Å². The van der Waals surface area contributed by atoms with Crippen LogP contribution < -0.4 is 0 Å². The van der Waals surface area contributed by atoms with Crippen molar-refractivity contribution in [1.29, 1.82) is 0 Å². The molecule has 0 radical (unpaired) electrons. The van der Waals surface area contributed by atoms with Gasteiger partial charge in [-0.05, 0) is 27.7 Å². The van der Waals surface area contributed by atoms with Gasteiger partial charge in [0.2, 0.25) is 0 Å². The maximum absolute atomic E-state index is 4.28. The van der Waals surface area contributed by atoms with Gasteiger partial charge in [0, 0.05) is 12.8 Å². The highest BCUT2D eigenvalue weighted by atomic mass is 15.4. The number of hydrogen-bond acceptors (Lipinski definition) is 4. The summed E-state index contributed by atoms with van der Waals surface area (Å²) in [4.78, 5) is 0. The molecule has 4 nitrogen and oxygen atoms in total. The largest absolute Gasteiger partial charge is 0.195 e. The van der Waals surface area contributed by atoms with E-state index in [0.717, 1.165) is 12.8 Å². The van der Waals surface area contributed by atoms with Gasteiger partial charge in [-0.2, -0.15) is 20.5 Å². The van der Waals surface area contributed by atoms with Gasteiger partial charge in [-0.1, -0.05) is 0 Å². The monoisotopic (exact) mass is 180 g/mol. The van der Waals surface area contributed by atoms with Crippen LogP contribution in [0.15, 0.2) is 20.5 Å². The topological polar surface area (TPSA) is 49.4 Å². The fourth-order valence-electron chi connectivity index (χ4n) is 2.14. The van der Waals surface area contributed by atoms with E-state index in [0.29, 0.717) is 0 Å². The lowest BCUT2D eigenvalue weighted by Gasteiger charge is -2.20. The second kappa shape index (κ2) is 2.16. The predicted molar refractivity (Wildman–Crippen MR) is 49.8 cm³/mol. The van der Waals surface area contributed by atoms with E-state index in [1.807, 2.05) is 0 Å². The van der Waals surface area contributed by atoms with Gasteiger partial charge in [-0.3, -0.25) is 0 Å². The van der Waals surface area contributed by atoms with Crippen LogP contribution in [-0.2, 0) is 0 Å². The summed E-state index contributed by atoms with van der Waals surface area (Å²) < 4.78 is 0. The Morgan fingerprint density at radius 2 is 1.08 bits per heavy atom. The summed E-state index contributed by atoms with van der Waals surface area (Å²) in [6.07, 6.45) is 1.79. The summed E-state index contributed by atoms with van der Waals surface area (Å²) in [7, 11) is 0. The predicted octanol–water partition coefficient (Wildman–Crippen LogP) is 2.95. The molecule has 0 atom stereocenters. The first kappa shape index (κ1) is 8.78. The minimum Gasteiger partial charge on any atom is -0.185 e. The average Bonchev–Trinajstić information content (AvgIpc) is 2.37. The summed E-state index contributed by atoms with van der Waals surface area (Å²) in [5.41, 5.74) is -0.439. The Hall–Kier alpha value is -0.800. The summed E-state index contributed by atoms with van der Waals surface area (Å²) in [6.45, 7) is 8.36. The minimum atomic E-state index is -0.326. The summed E-state index contributed by atoms with van der Waals surface area (Å²) in [6, 6.07) is 0. The first-order valence-electron chi connectivity index (χ1n) is 4.71. The number of azo groups is 2. The van der Waals surface area contributed by atoms with Gasteiger partial charge >= 0.3 is 0 Å². The van der Waals surface area contributed by atoms with Gasteiger partial charge in [0.25, 0.3) is 0 Å². The molecule has 1 spiro atoms. The zero-order valence-corrected chi connectivity index (χ0v) is 8.70. The van der Waals surface area contributed by atoms with Crippen LogP contribution in [0.5, 0.6) is 0 Å². The molecule has 72 valence electrons. The van der Waals surface area contributed by atoms with Crippen LogP contribution in [0.3, 0.4) is 0 Å². The molecule has 0 aromatic rings. The van der Waals surface area contributed by atoms with Crippen molar-refractivity contribution in [3.05, 3.63) is 0 Å². The van der Waals surface area contributed by atoms with E-state index in [-0.39, 0.29) is 16.7 Å². The normalized spacial score (nSPS) is 31.7. The molecule has 2 heterocycles. The van der Waals surface area contributed by atoms with Crippen molar-refractivity contribution in [2.75, 3.05) is 0 Å². The molecule has 0 aromatic carbocycles. The first-order valence-corrected chi connectivity index (χ1v) is 4.71. The molecule has 2 aliphatic heterocycles. The quantitative estimate of drug-likeness (QED) is 0.550. The third-order valence-electron chi connectivity index (χ3n) is 2.45. The van der Waals surface area contributed by atoms with Gasteiger partial charge in [0.1, 0.15) is 0 Å². The van der Waals surface area contributed by atoms with E-state index in [2.05, 4.69) is 48.2 Å². The Bertz CT molecular complexity index is 258. The summed E-state index contributed by atoms with van der Waals surface area (Å²) >= 11 is 0. The van der Waals surface area contributed by atoms with E-state index in [4.69, 9.17) is 0 Å². The highest BCUT2D eigenvalue weighted by Gasteiger charge is 2.49. The van der Waals surface area contributed by atoms with Gasteiger partial charge < -0.3 is 0 Å². The smallest absolute Gasteiger partial charge is 0.185 e. The molecule has 0 saturated heterocycles. The van der Waals surface area contributed by atoms with Crippen molar-refractivity contribution < 1.29 is 0 Å². The molecule has 0 N–H and O–H groups in total. The van der Waals surface area contributed by atoms with Crippen molar-refractivity contribution in [2.45, 2.75) is 57.3 Å². The van der Waals surface area contributed by atoms with E-state index in [1.54, 1.807) is 0 Å². The lowest BCUT2D eigenvalue weighted by atomic mass is 9.87. The molecule has 0 amide bonds. The number of hydrogen-bond donors (Lipinski definition) is 0. The average molecular weight is 180 g/mol. The molecule has 0 bridgehead atoms. The Morgan fingerprint density at radius 1 is 0.692 bits per heavy atom. The van der Waals surface area contributed by atoms with Crippen LogP contribution in [0, 0.1) is 0 Å². The second-order valence-electron chi connectivity index (χ2n) is 5.36. The number of nitrogens with zero attached hydrogens (tertiary/aromatic N) is 4. The second-order valence-corrected chi connectivity index (χ2v) is 5.36. The fourth-order valence-corrected chi connectivity index (χ4v) is 2.14. The van der Waals surface area contributed by atoms with Crippen LogP contribution in [-0.4, -0.2) is 16.7 Å². The van der Waals surface area contributed by atoms with Crippen LogP contribution in [0.2, 0.25) is 0 Å². The Morgan fingerprint density at radius 3 is 1.31 bits per heavy atom.